The van der Waals surface area contributed by atoms with Crippen LogP contribution in [0.1, 0.15) is 10.5 Å². The molecule has 4 nitrogen and oxygen atoms in total. The largest absolute Gasteiger partial charge is 0.397 e. The van der Waals surface area contributed by atoms with Crippen LogP contribution in [0.3, 0.4) is 0 Å². The highest BCUT2D eigenvalue weighted by Crippen LogP contribution is 2.23. The summed E-state index contributed by atoms with van der Waals surface area (Å²) in [6.07, 6.45) is 0. The van der Waals surface area contributed by atoms with Gasteiger partial charge in [0.15, 0.2) is 0 Å². The summed E-state index contributed by atoms with van der Waals surface area (Å²) >= 11 is 3.17. The predicted octanol–water partition coefficient (Wildman–Crippen LogP) is 3.90. The van der Waals surface area contributed by atoms with Crippen LogP contribution in [-0.2, 0) is 0 Å². The van der Waals surface area contributed by atoms with E-state index in [4.69, 9.17) is 5.73 Å². The first-order valence-electron chi connectivity index (χ1n) is 6.18. The van der Waals surface area contributed by atoms with Crippen LogP contribution in [0.15, 0.2) is 46.9 Å². The van der Waals surface area contributed by atoms with Gasteiger partial charge in [-0.1, -0.05) is 28.1 Å². The summed E-state index contributed by atoms with van der Waals surface area (Å²) in [5, 5.41) is 3.36. The van der Waals surface area contributed by atoms with E-state index in [1.165, 1.54) is 12.1 Å². The van der Waals surface area contributed by atoms with Gasteiger partial charge in [0, 0.05) is 9.86 Å². The molecule has 1 aromatic heterocycles. The van der Waals surface area contributed by atoms with Gasteiger partial charge in [-0.15, -0.1) is 0 Å². The lowest BCUT2D eigenvalue weighted by atomic mass is 10.2. The van der Waals surface area contributed by atoms with Crippen molar-refractivity contribution in [2.75, 3.05) is 11.1 Å². The van der Waals surface area contributed by atoms with Gasteiger partial charge in [-0.25, -0.2) is 4.39 Å². The number of H-pyrrole nitrogens is 1. The molecule has 0 fully saturated rings. The van der Waals surface area contributed by atoms with Crippen LogP contribution in [0.5, 0.6) is 0 Å². The van der Waals surface area contributed by atoms with Crippen molar-refractivity contribution in [3.05, 3.63) is 58.4 Å². The highest BCUT2D eigenvalue weighted by Gasteiger charge is 2.13. The molecule has 0 aliphatic carbocycles. The molecule has 1 heterocycles. The molecule has 0 saturated heterocycles. The molecule has 1 amide bonds. The molecule has 0 spiro atoms. The molecule has 106 valence electrons. The van der Waals surface area contributed by atoms with Crippen molar-refractivity contribution in [3.8, 4) is 0 Å². The molecule has 6 heteroatoms. The number of aromatic nitrogens is 1. The minimum atomic E-state index is -0.506. The summed E-state index contributed by atoms with van der Waals surface area (Å²) in [4.78, 5) is 15.1. The van der Waals surface area contributed by atoms with E-state index in [0.717, 1.165) is 5.39 Å². The van der Waals surface area contributed by atoms with Gasteiger partial charge in [0.1, 0.15) is 11.5 Å². The Morgan fingerprint density at radius 1 is 1.24 bits per heavy atom. The molecule has 0 atom stereocenters. The lowest BCUT2D eigenvalue weighted by Gasteiger charge is -2.05. The second-order valence-corrected chi connectivity index (χ2v) is 5.49. The van der Waals surface area contributed by atoms with Crippen molar-refractivity contribution >= 4 is 44.1 Å². The molecular weight excluding hydrogens is 337 g/mol. The third kappa shape index (κ3) is 2.62. The number of nitrogen functional groups attached to an aromatic ring is 1. The summed E-state index contributed by atoms with van der Waals surface area (Å²) in [6, 6.07) is 11.5. The van der Waals surface area contributed by atoms with Crippen LogP contribution in [0, 0.1) is 5.82 Å². The molecule has 2 aromatic carbocycles. The number of nitrogens with two attached hydrogens (primary N) is 1. The zero-order valence-corrected chi connectivity index (χ0v) is 12.4. The van der Waals surface area contributed by atoms with Crippen molar-refractivity contribution in [2.45, 2.75) is 0 Å². The number of fused-ring (bicyclic) bond motifs is 1. The Labute approximate surface area is 128 Å². The van der Waals surface area contributed by atoms with Crippen LogP contribution in [0.2, 0.25) is 0 Å². The number of hydrogen-bond acceptors (Lipinski definition) is 2. The summed E-state index contributed by atoms with van der Waals surface area (Å²) < 4.78 is 14.3. The molecule has 0 saturated carbocycles. The van der Waals surface area contributed by atoms with Gasteiger partial charge < -0.3 is 16.0 Å². The fourth-order valence-electron chi connectivity index (χ4n) is 2.08. The van der Waals surface area contributed by atoms with E-state index in [1.54, 1.807) is 18.2 Å². The summed E-state index contributed by atoms with van der Waals surface area (Å²) in [6.45, 7) is 0. The Kier molecular flexibility index (Phi) is 3.39. The van der Waals surface area contributed by atoms with Gasteiger partial charge in [0.05, 0.1) is 16.9 Å². The number of amides is 1. The Hall–Kier alpha value is -2.34. The van der Waals surface area contributed by atoms with E-state index in [2.05, 4.69) is 26.2 Å². The Bertz CT molecular complexity index is 844. The number of anilines is 2. The molecule has 3 aromatic rings. The van der Waals surface area contributed by atoms with Crippen LogP contribution < -0.4 is 11.1 Å². The van der Waals surface area contributed by atoms with Gasteiger partial charge in [0.2, 0.25) is 0 Å². The molecule has 0 unspecified atom stereocenters. The fraction of sp³-hybridized carbons (Fsp3) is 0. The van der Waals surface area contributed by atoms with E-state index in [1.807, 2.05) is 12.1 Å². The number of carbonyl (C=O) groups is 1. The Balaban J connectivity index is 1.92. The van der Waals surface area contributed by atoms with Crippen LogP contribution in [-0.4, -0.2) is 10.9 Å². The minimum Gasteiger partial charge on any atom is -0.397 e. The molecule has 4 N–H and O–H groups in total. The van der Waals surface area contributed by atoms with E-state index in [-0.39, 0.29) is 5.69 Å². The number of nitrogens with one attached hydrogen (secondary N) is 2. The third-order valence-corrected chi connectivity index (χ3v) is 3.61. The first-order valence-corrected chi connectivity index (χ1v) is 6.97. The maximum atomic E-state index is 13.7. The lowest BCUT2D eigenvalue weighted by molar-refractivity contribution is 0.102. The molecule has 3 rings (SSSR count). The van der Waals surface area contributed by atoms with Gasteiger partial charge in [-0.05, 0) is 30.3 Å². The zero-order valence-electron chi connectivity index (χ0n) is 10.8. The number of hydrogen-bond donors (Lipinski definition) is 3. The molecule has 0 aliphatic heterocycles. The van der Waals surface area contributed by atoms with Crippen molar-refractivity contribution in [1.29, 1.82) is 0 Å². The first-order chi connectivity index (χ1) is 10.0. The SMILES string of the molecule is Nc1cccc2cc(C(=O)Nc3ccc(Br)cc3F)[nH]c12. The van der Waals surface area contributed by atoms with Gasteiger partial charge in [-0.2, -0.15) is 0 Å². The number of aromatic amines is 1. The molecule has 0 radical (unpaired) electrons. The average molecular weight is 348 g/mol. The second kappa shape index (κ2) is 5.21. The van der Waals surface area contributed by atoms with E-state index in [0.29, 0.717) is 21.4 Å². The van der Waals surface area contributed by atoms with Gasteiger partial charge in [0.25, 0.3) is 5.91 Å². The second-order valence-electron chi connectivity index (χ2n) is 4.57. The summed E-state index contributed by atoms with van der Waals surface area (Å²) in [7, 11) is 0. The number of rotatable bonds is 2. The third-order valence-electron chi connectivity index (χ3n) is 3.11. The minimum absolute atomic E-state index is 0.120. The van der Waals surface area contributed by atoms with E-state index < -0.39 is 11.7 Å². The molecule has 0 aliphatic rings. The highest BCUT2D eigenvalue weighted by molar-refractivity contribution is 9.10. The lowest BCUT2D eigenvalue weighted by Crippen LogP contribution is -2.13. The van der Waals surface area contributed by atoms with E-state index >= 15 is 0 Å². The number of para-hydroxylation sites is 1. The molecule has 0 bridgehead atoms. The topological polar surface area (TPSA) is 70.9 Å². The zero-order chi connectivity index (χ0) is 15.0. The first kappa shape index (κ1) is 13.6. The standard InChI is InChI=1S/C15H11BrFN3O/c16-9-4-5-12(10(17)7-9)20-15(21)13-6-8-2-1-3-11(18)14(8)19-13/h1-7,19H,18H2,(H,20,21). The van der Waals surface area contributed by atoms with Crippen molar-refractivity contribution in [2.24, 2.45) is 0 Å². The van der Waals surface area contributed by atoms with Gasteiger partial charge >= 0.3 is 0 Å². The van der Waals surface area contributed by atoms with Crippen LogP contribution >= 0.6 is 15.9 Å². The number of halogens is 2. The number of carbonyl (C=O) groups excluding carboxylic acids is 1. The summed E-state index contributed by atoms with van der Waals surface area (Å²) in [5.41, 5.74) is 7.53. The van der Waals surface area contributed by atoms with Crippen molar-refractivity contribution < 1.29 is 9.18 Å². The van der Waals surface area contributed by atoms with Crippen molar-refractivity contribution in [3.63, 3.8) is 0 Å². The fourth-order valence-corrected chi connectivity index (χ4v) is 2.42. The smallest absolute Gasteiger partial charge is 0.272 e. The Morgan fingerprint density at radius 2 is 2.05 bits per heavy atom. The van der Waals surface area contributed by atoms with Gasteiger partial charge in [-0.3, -0.25) is 4.79 Å². The molecular formula is C15H11BrFN3O. The maximum absolute atomic E-state index is 13.7. The number of benzene rings is 2. The average Bonchev–Trinajstić information content (AvgIpc) is 2.87. The predicted molar refractivity (Wildman–Crippen MR) is 84.8 cm³/mol. The van der Waals surface area contributed by atoms with Crippen LogP contribution in [0.4, 0.5) is 15.8 Å². The normalized spacial score (nSPS) is 10.8. The summed E-state index contributed by atoms with van der Waals surface area (Å²) in [5.74, 6) is -0.930. The monoisotopic (exact) mass is 347 g/mol. The van der Waals surface area contributed by atoms with Crippen LogP contribution in [0.25, 0.3) is 10.9 Å². The maximum Gasteiger partial charge on any atom is 0.272 e. The quantitative estimate of drug-likeness (QED) is 0.615. The van der Waals surface area contributed by atoms with Crippen molar-refractivity contribution in [1.82, 2.24) is 4.98 Å². The van der Waals surface area contributed by atoms with E-state index in [9.17, 15) is 9.18 Å². The highest BCUT2D eigenvalue weighted by atomic mass is 79.9. The molecule has 21 heavy (non-hydrogen) atoms. The Morgan fingerprint density at radius 3 is 2.76 bits per heavy atom.